The van der Waals surface area contributed by atoms with Crippen LogP contribution in [0.1, 0.15) is 12.7 Å². The fraction of sp³-hybridized carbons (Fsp3) is 0.176. The second-order valence-electron chi connectivity index (χ2n) is 5.31. The normalized spacial score (nSPS) is 10.7. The highest BCUT2D eigenvalue weighted by Crippen LogP contribution is 2.19. The van der Waals surface area contributed by atoms with Gasteiger partial charge in [-0.1, -0.05) is 25.1 Å². The summed E-state index contributed by atoms with van der Waals surface area (Å²) in [5, 5.41) is 13.5. The molecule has 0 radical (unpaired) electrons. The molecule has 1 amide bonds. The van der Waals surface area contributed by atoms with E-state index in [2.05, 4.69) is 10.3 Å². The van der Waals surface area contributed by atoms with E-state index in [1.54, 1.807) is 6.07 Å². The smallest absolute Gasteiger partial charge is 0.271 e. The number of nitro benzene ring substituents is 1. The van der Waals surface area contributed by atoms with Crippen LogP contribution in [0.2, 0.25) is 0 Å². The van der Waals surface area contributed by atoms with Crippen LogP contribution in [0.4, 0.5) is 11.4 Å². The molecule has 0 spiro atoms. The quantitative estimate of drug-likeness (QED) is 0.576. The van der Waals surface area contributed by atoms with Crippen molar-refractivity contribution < 1.29 is 9.72 Å². The Labute approximate surface area is 138 Å². The first-order chi connectivity index (χ1) is 11.6. The summed E-state index contributed by atoms with van der Waals surface area (Å²) < 4.78 is 1.86. The SMILES string of the molecule is CCc1nc2ccccc2n1CC(=O)Nc1cccc([N+](=O)[O-])c1. The third kappa shape index (κ3) is 3.10. The molecule has 0 aliphatic carbocycles. The van der Waals surface area contributed by atoms with Crippen molar-refractivity contribution in [1.82, 2.24) is 9.55 Å². The first kappa shape index (κ1) is 15.7. The van der Waals surface area contributed by atoms with Crippen LogP contribution in [-0.2, 0) is 17.8 Å². The number of aromatic nitrogens is 2. The largest absolute Gasteiger partial charge is 0.324 e. The van der Waals surface area contributed by atoms with E-state index in [1.807, 2.05) is 35.8 Å². The lowest BCUT2D eigenvalue weighted by atomic mass is 10.3. The van der Waals surface area contributed by atoms with E-state index < -0.39 is 4.92 Å². The number of rotatable bonds is 5. The number of amides is 1. The molecule has 0 fully saturated rings. The number of aryl methyl sites for hydroxylation is 1. The van der Waals surface area contributed by atoms with Gasteiger partial charge in [-0.05, 0) is 18.2 Å². The number of benzene rings is 2. The maximum absolute atomic E-state index is 12.3. The van der Waals surface area contributed by atoms with Gasteiger partial charge in [0.25, 0.3) is 5.69 Å². The number of fused-ring (bicyclic) bond motifs is 1. The number of nitro groups is 1. The Kier molecular flexibility index (Phi) is 4.24. The predicted octanol–water partition coefficient (Wildman–Crippen LogP) is 3.15. The molecule has 3 rings (SSSR count). The molecular weight excluding hydrogens is 308 g/mol. The molecule has 1 N–H and O–H groups in total. The van der Waals surface area contributed by atoms with Gasteiger partial charge in [0, 0.05) is 24.2 Å². The number of non-ortho nitro benzene ring substituents is 1. The topological polar surface area (TPSA) is 90.1 Å². The van der Waals surface area contributed by atoms with Crippen LogP contribution in [0.3, 0.4) is 0 Å². The highest BCUT2D eigenvalue weighted by Gasteiger charge is 2.13. The average Bonchev–Trinajstić information content (AvgIpc) is 2.93. The number of hydrogen-bond donors (Lipinski definition) is 1. The van der Waals surface area contributed by atoms with Gasteiger partial charge in [-0.15, -0.1) is 0 Å². The van der Waals surface area contributed by atoms with Gasteiger partial charge in [0.15, 0.2) is 0 Å². The van der Waals surface area contributed by atoms with Crippen molar-refractivity contribution in [3.05, 3.63) is 64.5 Å². The average molecular weight is 324 g/mol. The third-order valence-electron chi connectivity index (χ3n) is 3.69. The van der Waals surface area contributed by atoms with E-state index in [0.717, 1.165) is 16.9 Å². The van der Waals surface area contributed by atoms with E-state index >= 15 is 0 Å². The fourth-order valence-electron chi connectivity index (χ4n) is 2.61. The van der Waals surface area contributed by atoms with Crippen molar-refractivity contribution >= 4 is 28.3 Å². The number of hydrogen-bond acceptors (Lipinski definition) is 4. The number of carbonyl (C=O) groups excluding carboxylic acids is 1. The first-order valence-corrected chi connectivity index (χ1v) is 7.57. The Hall–Kier alpha value is -3.22. The predicted molar refractivity (Wildman–Crippen MR) is 90.8 cm³/mol. The summed E-state index contributed by atoms with van der Waals surface area (Å²) >= 11 is 0. The van der Waals surface area contributed by atoms with Crippen molar-refractivity contribution in [2.75, 3.05) is 5.32 Å². The van der Waals surface area contributed by atoms with E-state index in [9.17, 15) is 14.9 Å². The molecule has 7 nitrogen and oxygen atoms in total. The second kappa shape index (κ2) is 6.49. The van der Waals surface area contributed by atoms with E-state index in [-0.39, 0.29) is 18.1 Å². The third-order valence-corrected chi connectivity index (χ3v) is 3.69. The van der Waals surface area contributed by atoms with Gasteiger partial charge in [0.05, 0.1) is 16.0 Å². The van der Waals surface area contributed by atoms with Gasteiger partial charge in [0.1, 0.15) is 12.4 Å². The lowest BCUT2D eigenvalue weighted by molar-refractivity contribution is -0.384. The molecule has 3 aromatic rings. The van der Waals surface area contributed by atoms with E-state index in [1.165, 1.54) is 18.2 Å². The van der Waals surface area contributed by atoms with E-state index in [0.29, 0.717) is 12.1 Å². The van der Waals surface area contributed by atoms with Crippen molar-refractivity contribution in [3.8, 4) is 0 Å². The van der Waals surface area contributed by atoms with Gasteiger partial charge >= 0.3 is 0 Å². The lowest BCUT2D eigenvalue weighted by Gasteiger charge is -2.09. The molecule has 1 aromatic heterocycles. The van der Waals surface area contributed by atoms with Crippen LogP contribution < -0.4 is 5.32 Å². The van der Waals surface area contributed by atoms with Crippen LogP contribution in [0, 0.1) is 10.1 Å². The minimum Gasteiger partial charge on any atom is -0.324 e. The summed E-state index contributed by atoms with van der Waals surface area (Å²) in [4.78, 5) is 27.2. The van der Waals surface area contributed by atoms with Crippen molar-refractivity contribution in [3.63, 3.8) is 0 Å². The lowest BCUT2D eigenvalue weighted by Crippen LogP contribution is -2.20. The molecule has 0 saturated heterocycles. The number of para-hydroxylation sites is 2. The Morgan fingerprint density at radius 1 is 1.25 bits per heavy atom. The summed E-state index contributed by atoms with van der Waals surface area (Å²) in [7, 11) is 0. The molecule has 122 valence electrons. The number of imidazole rings is 1. The number of anilines is 1. The number of carbonyl (C=O) groups is 1. The Bertz CT molecular complexity index is 917. The zero-order valence-electron chi connectivity index (χ0n) is 13.1. The van der Waals surface area contributed by atoms with Crippen molar-refractivity contribution in [2.45, 2.75) is 19.9 Å². The minimum absolute atomic E-state index is 0.0601. The minimum atomic E-state index is -0.492. The summed E-state index contributed by atoms with van der Waals surface area (Å²) in [6, 6.07) is 13.5. The molecule has 24 heavy (non-hydrogen) atoms. The van der Waals surface area contributed by atoms with Gasteiger partial charge in [-0.2, -0.15) is 0 Å². The highest BCUT2D eigenvalue weighted by molar-refractivity contribution is 5.92. The Balaban J connectivity index is 1.83. The van der Waals surface area contributed by atoms with Crippen molar-refractivity contribution in [2.24, 2.45) is 0 Å². The molecular formula is C17H16N4O3. The summed E-state index contributed by atoms with van der Waals surface area (Å²) in [6.07, 6.45) is 0.707. The standard InChI is InChI=1S/C17H16N4O3/c1-2-16-19-14-8-3-4-9-15(14)20(16)11-17(22)18-12-6-5-7-13(10-12)21(23)24/h3-10H,2,11H2,1H3,(H,18,22). The van der Waals surface area contributed by atoms with Gasteiger partial charge in [-0.25, -0.2) is 4.98 Å². The summed E-state index contributed by atoms with van der Waals surface area (Å²) in [5.41, 5.74) is 2.08. The highest BCUT2D eigenvalue weighted by atomic mass is 16.6. The van der Waals surface area contributed by atoms with Crippen LogP contribution in [0.5, 0.6) is 0 Å². The van der Waals surface area contributed by atoms with Gasteiger partial charge in [0.2, 0.25) is 5.91 Å². The molecule has 0 unspecified atom stereocenters. The summed E-state index contributed by atoms with van der Waals surface area (Å²) in [6.45, 7) is 2.09. The maximum Gasteiger partial charge on any atom is 0.271 e. The van der Waals surface area contributed by atoms with Gasteiger partial charge < -0.3 is 9.88 Å². The van der Waals surface area contributed by atoms with Crippen LogP contribution in [0.15, 0.2) is 48.5 Å². The monoisotopic (exact) mass is 324 g/mol. The van der Waals surface area contributed by atoms with Crippen molar-refractivity contribution in [1.29, 1.82) is 0 Å². The molecule has 2 aromatic carbocycles. The van der Waals surface area contributed by atoms with Crippen LogP contribution >= 0.6 is 0 Å². The molecule has 0 bridgehead atoms. The Morgan fingerprint density at radius 3 is 2.79 bits per heavy atom. The second-order valence-corrected chi connectivity index (χ2v) is 5.31. The molecule has 0 atom stereocenters. The zero-order chi connectivity index (χ0) is 17.1. The van der Waals surface area contributed by atoms with Gasteiger partial charge in [-0.3, -0.25) is 14.9 Å². The summed E-state index contributed by atoms with van der Waals surface area (Å²) in [5.74, 6) is 0.568. The molecule has 0 saturated carbocycles. The first-order valence-electron chi connectivity index (χ1n) is 7.57. The maximum atomic E-state index is 12.3. The molecule has 1 heterocycles. The van der Waals surface area contributed by atoms with Crippen LogP contribution in [-0.4, -0.2) is 20.4 Å². The fourth-order valence-corrected chi connectivity index (χ4v) is 2.61. The Morgan fingerprint density at radius 2 is 2.04 bits per heavy atom. The van der Waals surface area contributed by atoms with Crippen LogP contribution in [0.25, 0.3) is 11.0 Å². The molecule has 0 aliphatic rings. The number of nitrogens with one attached hydrogen (secondary N) is 1. The molecule has 0 aliphatic heterocycles. The van der Waals surface area contributed by atoms with E-state index in [4.69, 9.17) is 0 Å². The molecule has 7 heteroatoms. The zero-order valence-corrected chi connectivity index (χ0v) is 13.1. The number of nitrogens with zero attached hydrogens (tertiary/aromatic N) is 3.